The van der Waals surface area contributed by atoms with Crippen LogP contribution in [0.5, 0.6) is 0 Å². The number of nitrogens with zero attached hydrogens (tertiary/aromatic N) is 2. The van der Waals surface area contributed by atoms with E-state index in [1.165, 1.54) is 0 Å². The molecule has 2 amide bonds. The second kappa shape index (κ2) is 8.96. The lowest BCUT2D eigenvalue weighted by Gasteiger charge is -2.37. The Labute approximate surface area is 130 Å². The second-order valence-corrected chi connectivity index (χ2v) is 14.8. The fourth-order valence-electron chi connectivity index (χ4n) is 2.41. The number of carbonyl (C=O) groups excluding carboxylic acids is 2. The molecule has 0 atom stereocenters. The topological polar surface area (TPSA) is 49.9 Å². The molecule has 120 valence electrons. The molecule has 0 saturated carbocycles. The highest BCUT2D eigenvalue weighted by Crippen LogP contribution is 2.16. The van der Waals surface area contributed by atoms with Crippen LogP contribution in [-0.2, 0) is 13.7 Å². The van der Waals surface area contributed by atoms with Crippen LogP contribution < -0.4 is 0 Å². The minimum atomic E-state index is -2.02. The van der Waals surface area contributed by atoms with Crippen LogP contribution in [0.25, 0.3) is 0 Å². The largest absolute Gasteiger partial charge is 0.453 e. The van der Waals surface area contributed by atoms with Crippen molar-refractivity contribution in [1.82, 2.24) is 9.80 Å². The fraction of sp³-hybridized carbons (Fsp3) is 0.571. The van der Waals surface area contributed by atoms with Gasteiger partial charge in [-0.15, -0.1) is 13.2 Å². The summed E-state index contributed by atoms with van der Waals surface area (Å²) < 4.78 is 6.39. The maximum atomic E-state index is 11.0. The van der Waals surface area contributed by atoms with E-state index >= 15 is 0 Å². The Morgan fingerprint density at radius 3 is 1.43 bits per heavy atom. The summed E-state index contributed by atoms with van der Waals surface area (Å²) in [6.07, 6.45) is 6.34. The summed E-state index contributed by atoms with van der Waals surface area (Å²) in [5.74, 6) is 0. The van der Waals surface area contributed by atoms with Gasteiger partial charge in [0.1, 0.15) is 0 Å². The molecular formula is C14H28N2O3Si2. The SMILES string of the molecule is C=CCN(C=O)C[Si](C)(C)O[Si](C)(C)CN(C=O)CC=C. The van der Waals surface area contributed by atoms with Gasteiger partial charge >= 0.3 is 0 Å². The van der Waals surface area contributed by atoms with Gasteiger partial charge in [-0.3, -0.25) is 9.59 Å². The summed E-state index contributed by atoms with van der Waals surface area (Å²) in [6, 6.07) is 0. The zero-order valence-electron chi connectivity index (χ0n) is 13.7. The van der Waals surface area contributed by atoms with Crippen molar-refractivity contribution >= 4 is 29.5 Å². The average molecular weight is 329 g/mol. The minimum absolute atomic E-state index is 0.530. The maximum absolute atomic E-state index is 11.0. The van der Waals surface area contributed by atoms with Crippen LogP contribution in [0.3, 0.4) is 0 Å². The van der Waals surface area contributed by atoms with E-state index in [2.05, 4.69) is 39.3 Å². The van der Waals surface area contributed by atoms with E-state index in [1.807, 2.05) is 0 Å². The van der Waals surface area contributed by atoms with Gasteiger partial charge in [0.2, 0.25) is 12.8 Å². The van der Waals surface area contributed by atoms with E-state index in [9.17, 15) is 9.59 Å². The van der Waals surface area contributed by atoms with Crippen molar-refractivity contribution in [2.45, 2.75) is 26.2 Å². The van der Waals surface area contributed by atoms with Crippen molar-refractivity contribution in [2.75, 3.05) is 25.4 Å². The lowest BCUT2D eigenvalue weighted by atomic mass is 10.6. The predicted octanol–water partition coefficient (Wildman–Crippen LogP) is 1.78. The maximum Gasteiger partial charge on any atom is 0.209 e. The van der Waals surface area contributed by atoms with E-state index in [-0.39, 0.29) is 0 Å². The van der Waals surface area contributed by atoms with Crippen molar-refractivity contribution in [3.63, 3.8) is 0 Å². The lowest BCUT2D eigenvalue weighted by Crippen LogP contribution is -2.55. The first-order valence-corrected chi connectivity index (χ1v) is 13.2. The van der Waals surface area contributed by atoms with E-state index in [0.29, 0.717) is 25.4 Å². The molecule has 0 N–H and O–H groups in total. The molecule has 21 heavy (non-hydrogen) atoms. The summed E-state index contributed by atoms with van der Waals surface area (Å²) in [7, 11) is -4.04. The van der Waals surface area contributed by atoms with Crippen LogP contribution in [0.4, 0.5) is 0 Å². The standard InChI is InChI=1S/C14H28N2O3Si2/c1-7-9-15(11-17)13-20(3,4)19-21(5,6)14-16(12-18)10-8-2/h7-8,11-12H,1-2,9-10,13-14H2,3-6H3. The number of rotatable bonds is 12. The third kappa shape index (κ3) is 8.64. The first kappa shape index (κ1) is 19.8. The number of carbonyl (C=O) groups is 2. The van der Waals surface area contributed by atoms with Crippen molar-refractivity contribution in [3.05, 3.63) is 25.3 Å². The van der Waals surface area contributed by atoms with Gasteiger partial charge in [-0.2, -0.15) is 0 Å². The van der Waals surface area contributed by atoms with Gasteiger partial charge in [-0.25, -0.2) is 0 Å². The predicted molar refractivity (Wildman–Crippen MR) is 91.7 cm³/mol. The van der Waals surface area contributed by atoms with Crippen LogP contribution >= 0.6 is 0 Å². The lowest BCUT2D eigenvalue weighted by molar-refractivity contribution is -0.117. The van der Waals surface area contributed by atoms with Crippen molar-refractivity contribution in [2.24, 2.45) is 0 Å². The summed E-state index contributed by atoms with van der Waals surface area (Å²) in [5.41, 5.74) is 0. The van der Waals surface area contributed by atoms with Gasteiger partial charge < -0.3 is 13.9 Å². The highest BCUT2D eigenvalue weighted by Gasteiger charge is 2.35. The molecule has 0 aliphatic carbocycles. The summed E-state index contributed by atoms with van der Waals surface area (Å²) in [5, 5.41) is 0. The molecule has 0 spiro atoms. The average Bonchev–Trinajstić information content (AvgIpc) is 2.35. The Bertz CT molecular complexity index is 339. The van der Waals surface area contributed by atoms with Crippen LogP contribution in [0, 0.1) is 0 Å². The number of hydrogen-bond acceptors (Lipinski definition) is 3. The van der Waals surface area contributed by atoms with Gasteiger partial charge in [0.25, 0.3) is 0 Å². The Morgan fingerprint density at radius 1 is 0.857 bits per heavy atom. The molecule has 0 rings (SSSR count). The van der Waals surface area contributed by atoms with Crippen molar-refractivity contribution in [1.29, 1.82) is 0 Å². The van der Waals surface area contributed by atoms with Gasteiger partial charge in [0, 0.05) is 25.4 Å². The molecule has 7 heteroatoms. The van der Waals surface area contributed by atoms with Gasteiger partial charge in [-0.05, 0) is 26.2 Å². The highest BCUT2D eigenvalue weighted by atomic mass is 28.4. The zero-order valence-corrected chi connectivity index (χ0v) is 15.7. The third-order valence-corrected chi connectivity index (χ3v) is 9.50. The molecule has 0 unspecified atom stereocenters. The molecule has 0 aromatic carbocycles. The first-order chi connectivity index (χ1) is 9.69. The smallest absolute Gasteiger partial charge is 0.209 e. The molecule has 0 radical (unpaired) electrons. The minimum Gasteiger partial charge on any atom is -0.453 e. The molecule has 0 heterocycles. The summed E-state index contributed by atoms with van der Waals surface area (Å²) >= 11 is 0. The molecule has 0 saturated heterocycles. The van der Waals surface area contributed by atoms with Crippen molar-refractivity contribution in [3.8, 4) is 0 Å². The first-order valence-electron chi connectivity index (χ1n) is 7.00. The quantitative estimate of drug-likeness (QED) is 0.312. The Balaban J connectivity index is 4.71. The summed E-state index contributed by atoms with van der Waals surface area (Å²) in [4.78, 5) is 25.4. The van der Waals surface area contributed by atoms with Crippen molar-refractivity contribution < 1.29 is 13.7 Å². The number of hydrogen-bond donors (Lipinski definition) is 0. The van der Waals surface area contributed by atoms with Crippen LogP contribution in [0.2, 0.25) is 26.2 Å². The molecule has 0 aromatic rings. The van der Waals surface area contributed by atoms with Gasteiger partial charge in [-0.1, -0.05) is 12.2 Å². The fourth-order valence-corrected chi connectivity index (χ4v) is 11.3. The molecule has 0 fully saturated rings. The van der Waals surface area contributed by atoms with Gasteiger partial charge in [0.15, 0.2) is 16.6 Å². The summed E-state index contributed by atoms with van der Waals surface area (Å²) in [6.45, 7) is 16.8. The molecule has 0 aliphatic rings. The van der Waals surface area contributed by atoms with E-state index in [0.717, 1.165) is 12.8 Å². The molecular weight excluding hydrogens is 300 g/mol. The zero-order chi connectivity index (χ0) is 16.5. The van der Waals surface area contributed by atoms with E-state index < -0.39 is 16.6 Å². The third-order valence-electron chi connectivity index (χ3n) is 2.75. The number of amides is 2. The van der Waals surface area contributed by atoms with Crippen LogP contribution in [-0.4, -0.2) is 64.7 Å². The Hall–Kier alpha value is -1.19. The Kier molecular flexibility index (Phi) is 8.45. The molecule has 0 aliphatic heterocycles. The molecule has 0 bridgehead atoms. The van der Waals surface area contributed by atoms with Crippen LogP contribution in [0.1, 0.15) is 0 Å². The normalized spacial score (nSPS) is 11.6. The van der Waals surface area contributed by atoms with Gasteiger partial charge in [0.05, 0.1) is 0 Å². The monoisotopic (exact) mass is 328 g/mol. The molecule has 5 nitrogen and oxygen atoms in total. The highest BCUT2D eigenvalue weighted by molar-refractivity contribution is 6.85. The Morgan fingerprint density at radius 2 is 1.19 bits per heavy atom. The van der Waals surface area contributed by atoms with E-state index in [4.69, 9.17) is 4.12 Å². The molecule has 0 aromatic heterocycles. The van der Waals surface area contributed by atoms with E-state index in [1.54, 1.807) is 22.0 Å². The second-order valence-electron chi connectivity index (χ2n) is 6.27. The van der Waals surface area contributed by atoms with Crippen LogP contribution in [0.15, 0.2) is 25.3 Å².